The van der Waals surface area contributed by atoms with Crippen molar-refractivity contribution >= 4 is 13.3 Å². The maximum absolute atomic E-state index is 3.38. The standard InChI is InChI=1S/C18H20Si/c1-19(2,18-14-7-4-8-15-18)16-10-9-13-17-11-5-3-6-12-17/h3-9,11-12,14-16H,13H2,1-2H3. The Hall–Kier alpha value is -1.82. The average molecular weight is 264 g/mol. The summed E-state index contributed by atoms with van der Waals surface area (Å²) >= 11 is 0. The van der Waals surface area contributed by atoms with Crippen LogP contribution in [0.5, 0.6) is 0 Å². The van der Waals surface area contributed by atoms with Crippen molar-refractivity contribution < 1.29 is 0 Å². The van der Waals surface area contributed by atoms with Gasteiger partial charge in [0.25, 0.3) is 0 Å². The smallest absolute Gasteiger partial charge is 0.112 e. The van der Waals surface area contributed by atoms with Gasteiger partial charge in [-0.2, -0.15) is 0 Å². The first-order chi connectivity index (χ1) is 9.18. The zero-order chi connectivity index (χ0) is 13.6. The van der Waals surface area contributed by atoms with E-state index in [9.17, 15) is 0 Å². The Morgan fingerprint density at radius 1 is 0.895 bits per heavy atom. The van der Waals surface area contributed by atoms with E-state index >= 15 is 0 Å². The number of hydrogen-bond acceptors (Lipinski definition) is 0. The largest absolute Gasteiger partial charge is 0.133 e. The Bertz CT molecular complexity index is 561. The summed E-state index contributed by atoms with van der Waals surface area (Å²) in [7, 11) is -1.48. The van der Waals surface area contributed by atoms with Crippen molar-refractivity contribution in [1.29, 1.82) is 0 Å². The Morgan fingerprint density at radius 3 is 2.11 bits per heavy atom. The molecule has 0 spiro atoms. The third kappa shape index (κ3) is 4.10. The molecular weight excluding hydrogens is 244 g/mol. The number of rotatable bonds is 4. The number of allylic oxidation sites excluding steroid dienone is 1. The Balaban J connectivity index is 2.06. The molecule has 0 saturated heterocycles. The molecule has 0 amide bonds. The lowest BCUT2D eigenvalue weighted by atomic mass is 10.1. The summed E-state index contributed by atoms with van der Waals surface area (Å²) in [5.74, 6) is 0. The van der Waals surface area contributed by atoms with Gasteiger partial charge in [0.1, 0.15) is 8.07 Å². The lowest BCUT2D eigenvalue weighted by Gasteiger charge is -2.16. The van der Waals surface area contributed by atoms with Crippen LogP contribution in [-0.2, 0) is 6.42 Å². The van der Waals surface area contributed by atoms with E-state index in [0.29, 0.717) is 0 Å². The molecule has 19 heavy (non-hydrogen) atoms. The zero-order valence-corrected chi connectivity index (χ0v) is 12.6. The van der Waals surface area contributed by atoms with Gasteiger partial charge >= 0.3 is 0 Å². The molecule has 0 nitrogen and oxygen atoms in total. The van der Waals surface area contributed by atoms with Gasteiger partial charge in [0.2, 0.25) is 0 Å². The molecule has 1 heteroatoms. The molecule has 0 fully saturated rings. The fraction of sp³-hybridized carbons (Fsp3) is 0.167. The fourth-order valence-corrected chi connectivity index (χ4v) is 3.76. The molecule has 0 saturated carbocycles. The molecule has 0 aliphatic heterocycles. The van der Waals surface area contributed by atoms with Crippen molar-refractivity contribution in [2.45, 2.75) is 19.5 Å². The van der Waals surface area contributed by atoms with E-state index in [1.54, 1.807) is 0 Å². The van der Waals surface area contributed by atoms with Gasteiger partial charge < -0.3 is 0 Å². The molecule has 2 rings (SSSR count). The van der Waals surface area contributed by atoms with Crippen LogP contribution < -0.4 is 5.19 Å². The van der Waals surface area contributed by atoms with Crippen LogP contribution in [0, 0.1) is 0 Å². The molecule has 0 aliphatic rings. The lowest BCUT2D eigenvalue weighted by molar-refractivity contribution is 1.27. The maximum atomic E-state index is 3.38. The molecular formula is C18H20Si. The molecule has 0 aliphatic carbocycles. The van der Waals surface area contributed by atoms with Crippen molar-refractivity contribution in [3.8, 4) is 0 Å². The van der Waals surface area contributed by atoms with Gasteiger partial charge in [-0.15, -0.1) is 5.73 Å². The topological polar surface area (TPSA) is 0 Å². The van der Waals surface area contributed by atoms with E-state index in [1.165, 1.54) is 10.8 Å². The quantitative estimate of drug-likeness (QED) is 0.576. The first kappa shape index (κ1) is 13.6. The summed E-state index contributed by atoms with van der Waals surface area (Å²) in [6, 6.07) is 21.3. The van der Waals surface area contributed by atoms with Crippen LogP contribution in [0.25, 0.3) is 0 Å². The normalized spacial score (nSPS) is 10.6. The predicted molar refractivity (Wildman–Crippen MR) is 86.4 cm³/mol. The molecule has 0 heterocycles. The van der Waals surface area contributed by atoms with Crippen LogP contribution in [0.1, 0.15) is 5.56 Å². The minimum Gasteiger partial charge on any atom is -0.133 e. The number of benzene rings is 2. The van der Waals surface area contributed by atoms with Gasteiger partial charge in [-0.25, -0.2) is 0 Å². The molecule has 0 bridgehead atoms. The van der Waals surface area contributed by atoms with E-state index in [4.69, 9.17) is 0 Å². The van der Waals surface area contributed by atoms with Crippen LogP contribution in [0.15, 0.2) is 78.2 Å². The van der Waals surface area contributed by atoms with Gasteiger partial charge in [-0.3, -0.25) is 0 Å². The van der Waals surface area contributed by atoms with Crippen molar-refractivity contribution in [2.75, 3.05) is 0 Å². The molecule has 96 valence electrons. The van der Waals surface area contributed by atoms with E-state index < -0.39 is 8.07 Å². The molecule has 0 atom stereocenters. The van der Waals surface area contributed by atoms with Crippen molar-refractivity contribution in [2.24, 2.45) is 0 Å². The zero-order valence-electron chi connectivity index (χ0n) is 11.6. The van der Waals surface area contributed by atoms with Crippen molar-refractivity contribution in [3.05, 3.63) is 83.7 Å². The van der Waals surface area contributed by atoms with Crippen LogP contribution >= 0.6 is 0 Å². The fourth-order valence-electron chi connectivity index (χ4n) is 2.01. The highest BCUT2D eigenvalue weighted by atomic mass is 28.3. The molecule has 2 aromatic carbocycles. The first-order valence-electron chi connectivity index (χ1n) is 6.70. The molecule has 0 aromatic heterocycles. The van der Waals surface area contributed by atoms with E-state index in [0.717, 1.165) is 6.42 Å². The Kier molecular flexibility index (Phi) is 4.56. The van der Waals surface area contributed by atoms with Crippen LogP contribution in [0.3, 0.4) is 0 Å². The highest BCUT2D eigenvalue weighted by Gasteiger charge is 2.18. The van der Waals surface area contributed by atoms with Gasteiger partial charge in [0.05, 0.1) is 0 Å². The van der Waals surface area contributed by atoms with Crippen LogP contribution in [-0.4, -0.2) is 8.07 Å². The average Bonchev–Trinajstić information content (AvgIpc) is 2.46. The van der Waals surface area contributed by atoms with Crippen molar-refractivity contribution in [1.82, 2.24) is 0 Å². The lowest BCUT2D eigenvalue weighted by Crippen LogP contribution is -2.39. The van der Waals surface area contributed by atoms with Crippen LogP contribution in [0.2, 0.25) is 13.1 Å². The Morgan fingerprint density at radius 2 is 1.47 bits per heavy atom. The second-order valence-electron chi connectivity index (χ2n) is 5.29. The summed E-state index contributed by atoms with van der Waals surface area (Å²) in [5, 5.41) is 1.45. The second-order valence-corrected chi connectivity index (χ2v) is 9.60. The summed E-state index contributed by atoms with van der Waals surface area (Å²) in [6.45, 7) is 4.71. The van der Waals surface area contributed by atoms with E-state index in [-0.39, 0.29) is 0 Å². The van der Waals surface area contributed by atoms with Gasteiger partial charge in [-0.05, 0) is 23.8 Å². The second kappa shape index (κ2) is 6.37. The maximum Gasteiger partial charge on any atom is 0.112 e. The van der Waals surface area contributed by atoms with E-state index in [1.807, 2.05) is 0 Å². The minimum atomic E-state index is -1.48. The summed E-state index contributed by atoms with van der Waals surface area (Å²) in [5.41, 5.74) is 7.00. The SMILES string of the molecule is C[Si](C)(C=C=CCc1ccccc1)c1ccccc1. The molecule has 0 unspecified atom stereocenters. The highest BCUT2D eigenvalue weighted by molar-refractivity contribution is 6.93. The number of hydrogen-bond donors (Lipinski definition) is 0. The molecule has 0 radical (unpaired) electrons. The third-order valence-electron chi connectivity index (χ3n) is 3.26. The minimum absolute atomic E-state index is 0.955. The molecule has 0 N–H and O–H groups in total. The van der Waals surface area contributed by atoms with Crippen molar-refractivity contribution in [3.63, 3.8) is 0 Å². The monoisotopic (exact) mass is 264 g/mol. The predicted octanol–water partition coefficient (Wildman–Crippen LogP) is 4.10. The van der Waals surface area contributed by atoms with Gasteiger partial charge in [-0.1, -0.05) is 78.9 Å². The third-order valence-corrected chi connectivity index (χ3v) is 5.97. The Labute approximate surface area is 117 Å². The highest BCUT2D eigenvalue weighted by Crippen LogP contribution is 2.05. The van der Waals surface area contributed by atoms with Crippen LogP contribution in [0.4, 0.5) is 0 Å². The van der Waals surface area contributed by atoms with Gasteiger partial charge in [0, 0.05) is 0 Å². The summed E-state index contributed by atoms with van der Waals surface area (Å²) in [4.78, 5) is 0. The summed E-state index contributed by atoms with van der Waals surface area (Å²) < 4.78 is 0. The molecule has 2 aromatic rings. The van der Waals surface area contributed by atoms with E-state index in [2.05, 4.69) is 91.3 Å². The summed E-state index contributed by atoms with van der Waals surface area (Å²) in [6.07, 6.45) is 3.09. The van der Waals surface area contributed by atoms with Gasteiger partial charge in [0.15, 0.2) is 0 Å². The first-order valence-corrected chi connectivity index (χ1v) is 9.78.